The third kappa shape index (κ3) is 8.81. The zero-order valence-electron chi connectivity index (χ0n) is 19.0. The molecule has 3 atom stereocenters. The number of carbonyl (C=O) groups excluding carboxylic acids is 1. The van der Waals surface area contributed by atoms with Gasteiger partial charge in [0.1, 0.15) is 6.20 Å². The summed E-state index contributed by atoms with van der Waals surface area (Å²) >= 11 is 0. The highest BCUT2D eigenvalue weighted by molar-refractivity contribution is 5.72. The second kappa shape index (κ2) is 14.7. The van der Waals surface area contributed by atoms with E-state index < -0.39 is 0 Å². The Morgan fingerprint density at radius 2 is 1.64 bits per heavy atom. The first-order valence-corrected chi connectivity index (χ1v) is 11.8. The number of rotatable bonds is 16. The molecule has 0 radical (unpaired) electrons. The summed E-state index contributed by atoms with van der Waals surface area (Å²) in [7, 11) is 0. The average molecular weight is 393 g/mol. The van der Waals surface area contributed by atoms with E-state index in [4.69, 9.17) is 0 Å². The summed E-state index contributed by atoms with van der Waals surface area (Å²) in [6.45, 7) is 9.03. The van der Waals surface area contributed by atoms with Gasteiger partial charge in [0.25, 0.3) is 0 Å². The van der Waals surface area contributed by atoms with Crippen LogP contribution in [-0.4, -0.2) is 29.3 Å². The number of hydrogen-bond donors (Lipinski definition) is 2. The fraction of sp³-hybridized carbons (Fsp3) is 0.792. The van der Waals surface area contributed by atoms with Crippen molar-refractivity contribution in [2.24, 2.45) is 0 Å². The van der Waals surface area contributed by atoms with Crippen molar-refractivity contribution in [3.8, 4) is 0 Å². The molecule has 1 amide bonds. The van der Waals surface area contributed by atoms with Crippen LogP contribution in [0.5, 0.6) is 0 Å². The highest BCUT2D eigenvalue weighted by atomic mass is 16.1. The second-order valence-corrected chi connectivity index (χ2v) is 8.37. The summed E-state index contributed by atoms with van der Waals surface area (Å²) in [4.78, 5) is 11.5. The standard InChI is InChI=1S/C24H45N3O/c1-5-7-8-9-10-11-12-13-14-15-16-17-18-19-24-25-20-21-27(24,6-2)22(3)26-23(4)28/h5,7,20-22,24-25H,6,8-19H2,1-4H3/p+1/b7-5+. The predicted octanol–water partition coefficient (Wildman–Crippen LogP) is 5.96. The molecular weight excluding hydrogens is 346 g/mol. The van der Waals surface area contributed by atoms with E-state index in [1.54, 1.807) is 6.92 Å². The van der Waals surface area contributed by atoms with Crippen LogP contribution >= 0.6 is 0 Å². The number of carbonyl (C=O) groups is 1. The smallest absolute Gasteiger partial charge is 0.221 e. The van der Waals surface area contributed by atoms with Crippen LogP contribution in [0.3, 0.4) is 0 Å². The number of unbranched alkanes of at least 4 members (excludes halogenated alkanes) is 10. The Morgan fingerprint density at radius 3 is 2.18 bits per heavy atom. The molecule has 162 valence electrons. The maximum Gasteiger partial charge on any atom is 0.221 e. The van der Waals surface area contributed by atoms with Gasteiger partial charge in [-0.3, -0.25) is 9.28 Å². The van der Waals surface area contributed by atoms with Crippen molar-refractivity contribution in [2.75, 3.05) is 6.54 Å². The van der Waals surface area contributed by atoms with Gasteiger partial charge < -0.3 is 10.6 Å². The predicted molar refractivity (Wildman–Crippen MR) is 120 cm³/mol. The van der Waals surface area contributed by atoms with Crippen LogP contribution in [0.25, 0.3) is 0 Å². The van der Waals surface area contributed by atoms with Crippen LogP contribution in [0.15, 0.2) is 24.6 Å². The normalized spacial score (nSPS) is 22.5. The van der Waals surface area contributed by atoms with E-state index in [9.17, 15) is 4.79 Å². The maximum absolute atomic E-state index is 11.5. The quantitative estimate of drug-likeness (QED) is 0.193. The third-order valence-corrected chi connectivity index (χ3v) is 6.24. The van der Waals surface area contributed by atoms with Gasteiger partial charge in [-0.15, -0.1) is 0 Å². The van der Waals surface area contributed by atoms with E-state index in [-0.39, 0.29) is 12.1 Å². The van der Waals surface area contributed by atoms with E-state index in [0.29, 0.717) is 6.17 Å². The van der Waals surface area contributed by atoms with Crippen LogP contribution < -0.4 is 10.6 Å². The third-order valence-electron chi connectivity index (χ3n) is 6.24. The molecule has 0 spiro atoms. The number of allylic oxidation sites excluding steroid dienone is 2. The second-order valence-electron chi connectivity index (χ2n) is 8.37. The first-order valence-electron chi connectivity index (χ1n) is 11.8. The lowest BCUT2D eigenvalue weighted by molar-refractivity contribution is -0.923. The monoisotopic (exact) mass is 392 g/mol. The Balaban J connectivity index is 2.10. The Labute approximate surface area is 174 Å². The van der Waals surface area contributed by atoms with Crippen LogP contribution in [0.1, 0.15) is 105 Å². The van der Waals surface area contributed by atoms with Gasteiger partial charge in [-0.25, -0.2) is 0 Å². The van der Waals surface area contributed by atoms with Gasteiger partial charge in [-0.05, 0) is 33.1 Å². The summed E-state index contributed by atoms with van der Waals surface area (Å²) in [6.07, 6.45) is 25.3. The molecule has 1 aliphatic heterocycles. The summed E-state index contributed by atoms with van der Waals surface area (Å²) in [5.74, 6) is 0.0512. The van der Waals surface area contributed by atoms with Crippen molar-refractivity contribution < 1.29 is 9.28 Å². The maximum atomic E-state index is 11.5. The Hall–Kier alpha value is -1.29. The molecule has 0 saturated heterocycles. The lowest BCUT2D eigenvalue weighted by Crippen LogP contribution is -2.62. The molecule has 3 unspecified atom stereocenters. The van der Waals surface area contributed by atoms with Crippen molar-refractivity contribution in [1.29, 1.82) is 0 Å². The lowest BCUT2D eigenvalue weighted by atomic mass is 10.0. The van der Waals surface area contributed by atoms with Crippen LogP contribution in [0.2, 0.25) is 0 Å². The van der Waals surface area contributed by atoms with Gasteiger partial charge in [0.2, 0.25) is 5.91 Å². The summed E-state index contributed by atoms with van der Waals surface area (Å²) in [6, 6.07) is 0. The zero-order chi connectivity index (χ0) is 20.7. The van der Waals surface area contributed by atoms with Crippen LogP contribution in [0.4, 0.5) is 0 Å². The van der Waals surface area contributed by atoms with Gasteiger partial charge in [0.05, 0.1) is 12.7 Å². The van der Waals surface area contributed by atoms with Crippen molar-refractivity contribution in [3.05, 3.63) is 24.6 Å². The van der Waals surface area contributed by atoms with Crippen molar-refractivity contribution >= 4 is 5.91 Å². The van der Waals surface area contributed by atoms with Gasteiger partial charge in [0, 0.05) is 20.3 Å². The van der Waals surface area contributed by atoms with E-state index >= 15 is 0 Å². The van der Waals surface area contributed by atoms with Crippen LogP contribution in [-0.2, 0) is 4.79 Å². The van der Waals surface area contributed by atoms with Gasteiger partial charge in [-0.1, -0.05) is 63.5 Å². The number of hydrogen-bond acceptors (Lipinski definition) is 2. The van der Waals surface area contributed by atoms with Crippen LogP contribution in [0, 0.1) is 0 Å². The van der Waals surface area contributed by atoms with E-state index in [2.05, 4.69) is 56.0 Å². The molecule has 2 N–H and O–H groups in total. The Kier molecular flexibility index (Phi) is 13.0. The molecule has 0 fully saturated rings. The highest BCUT2D eigenvalue weighted by Gasteiger charge is 2.41. The minimum Gasteiger partial charge on any atom is -0.338 e. The number of quaternary nitrogens is 1. The van der Waals surface area contributed by atoms with Crippen molar-refractivity contribution in [2.45, 2.75) is 117 Å². The molecule has 4 nitrogen and oxygen atoms in total. The summed E-state index contributed by atoms with van der Waals surface area (Å²) in [5, 5.41) is 6.63. The molecule has 0 aromatic rings. The summed E-state index contributed by atoms with van der Waals surface area (Å²) < 4.78 is 0.813. The molecule has 4 heteroatoms. The minimum absolute atomic E-state index is 0.0512. The molecule has 0 aliphatic carbocycles. The summed E-state index contributed by atoms with van der Waals surface area (Å²) in [5.41, 5.74) is 0. The van der Waals surface area contributed by atoms with E-state index in [1.807, 2.05) is 0 Å². The highest BCUT2D eigenvalue weighted by Crippen LogP contribution is 2.26. The molecule has 0 aromatic carbocycles. The van der Waals surface area contributed by atoms with Gasteiger partial charge in [0.15, 0.2) is 12.3 Å². The van der Waals surface area contributed by atoms with E-state index in [1.165, 1.54) is 70.6 Å². The molecule has 1 heterocycles. The first kappa shape index (κ1) is 24.7. The molecule has 0 saturated carbocycles. The first-order chi connectivity index (χ1) is 13.6. The van der Waals surface area contributed by atoms with Crippen molar-refractivity contribution in [1.82, 2.24) is 10.6 Å². The number of nitrogens with one attached hydrogen (secondary N) is 2. The largest absolute Gasteiger partial charge is 0.338 e. The lowest BCUT2D eigenvalue weighted by Gasteiger charge is -2.41. The topological polar surface area (TPSA) is 41.1 Å². The number of amides is 1. The molecule has 28 heavy (non-hydrogen) atoms. The molecule has 0 aromatic heterocycles. The fourth-order valence-corrected chi connectivity index (χ4v) is 4.45. The molecular formula is C24H46N3O+. The zero-order valence-corrected chi connectivity index (χ0v) is 19.0. The van der Waals surface area contributed by atoms with E-state index in [0.717, 1.165) is 17.4 Å². The van der Waals surface area contributed by atoms with Gasteiger partial charge in [-0.2, -0.15) is 0 Å². The van der Waals surface area contributed by atoms with Gasteiger partial charge >= 0.3 is 0 Å². The Morgan fingerprint density at radius 1 is 1.07 bits per heavy atom. The van der Waals surface area contributed by atoms with Crippen molar-refractivity contribution in [3.63, 3.8) is 0 Å². The Bertz CT molecular complexity index is 474. The number of nitrogens with zero attached hydrogens (tertiary/aromatic N) is 1. The molecule has 0 bridgehead atoms. The molecule has 1 aliphatic rings. The SMILES string of the molecule is C/C=C/CCCCCCCCCCCCC1NC=C[N+]1(CC)C(C)NC(C)=O. The minimum atomic E-state index is 0.0512. The fourth-order valence-electron chi connectivity index (χ4n) is 4.45. The molecule has 1 rings (SSSR count). The average Bonchev–Trinajstić information content (AvgIpc) is 3.09.